The van der Waals surface area contributed by atoms with Gasteiger partial charge in [-0.2, -0.15) is 0 Å². The molecular weight excluding hydrogens is 338 g/mol. The van der Waals surface area contributed by atoms with E-state index in [1.165, 1.54) is 7.11 Å². The zero-order valence-corrected chi connectivity index (χ0v) is 13.9. The van der Waals surface area contributed by atoms with E-state index in [2.05, 4.69) is 4.74 Å². The Balaban J connectivity index is 1.58. The molecule has 1 aliphatic heterocycles. The van der Waals surface area contributed by atoms with Crippen molar-refractivity contribution in [3.63, 3.8) is 0 Å². The number of carbonyl (C=O) groups excluding carboxylic acids is 4. The summed E-state index contributed by atoms with van der Waals surface area (Å²) in [6.45, 7) is -0.490. The van der Waals surface area contributed by atoms with Crippen LogP contribution in [0.4, 0.5) is 0 Å². The summed E-state index contributed by atoms with van der Waals surface area (Å²) < 4.78 is 9.71. The molecule has 3 rings (SSSR count). The van der Waals surface area contributed by atoms with E-state index in [1.807, 2.05) is 0 Å². The second-order valence-corrected chi connectivity index (χ2v) is 5.59. The van der Waals surface area contributed by atoms with Crippen LogP contribution in [0, 0.1) is 0 Å². The largest absolute Gasteiger partial charge is 0.465 e. The molecule has 26 heavy (non-hydrogen) atoms. The van der Waals surface area contributed by atoms with Crippen molar-refractivity contribution in [1.82, 2.24) is 4.90 Å². The summed E-state index contributed by atoms with van der Waals surface area (Å²) >= 11 is 0. The van der Waals surface area contributed by atoms with Gasteiger partial charge in [-0.05, 0) is 29.8 Å². The van der Waals surface area contributed by atoms with Crippen LogP contribution in [-0.4, -0.2) is 42.3 Å². The van der Waals surface area contributed by atoms with Crippen LogP contribution in [0.2, 0.25) is 0 Å². The normalized spacial score (nSPS) is 12.7. The SMILES string of the molecule is COC(=O)c1ccc(COC(=O)CN2C(=O)c3ccccc3C2=O)cc1. The van der Waals surface area contributed by atoms with E-state index in [4.69, 9.17) is 4.74 Å². The van der Waals surface area contributed by atoms with Gasteiger partial charge in [0.2, 0.25) is 0 Å². The van der Waals surface area contributed by atoms with Gasteiger partial charge in [0.15, 0.2) is 0 Å². The Morgan fingerprint density at radius 2 is 1.50 bits per heavy atom. The van der Waals surface area contributed by atoms with Gasteiger partial charge in [-0.1, -0.05) is 24.3 Å². The third kappa shape index (κ3) is 3.32. The van der Waals surface area contributed by atoms with Gasteiger partial charge in [-0.25, -0.2) is 4.79 Å². The lowest BCUT2D eigenvalue weighted by Gasteiger charge is -2.13. The fraction of sp³-hybridized carbons (Fsp3) is 0.158. The summed E-state index contributed by atoms with van der Waals surface area (Å²) in [5.41, 5.74) is 1.61. The number of nitrogens with zero attached hydrogens (tertiary/aromatic N) is 1. The van der Waals surface area contributed by atoms with Gasteiger partial charge >= 0.3 is 11.9 Å². The van der Waals surface area contributed by atoms with Crippen molar-refractivity contribution in [3.8, 4) is 0 Å². The van der Waals surface area contributed by atoms with Crippen molar-refractivity contribution in [2.75, 3.05) is 13.7 Å². The van der Waals surface area contributed by atoms with Crippen molar-refractivity contribution in [1.29, 1.82) is 0 Å². The summed E-state index contributed by atoms with van der Waals surface area (Å²) in [6, 6.07) is 12.8. The second kappa shape index (κ2) is 7.18. The first-order valence-corrected chi connectivity index (χ1v) is 7.79. The van der Waals surface area contributed by atoms with E-state index in [0.717, 1.165) is 4.90 Å². The molecule has 1 heterocycles. The van der Waals surface area contributed by atoms with Gasteiger partial charge in [0.1, 0.15) is 13.2 Å². The van der Waals surface area contributed by atoms with Gasteiger partial charge in [0, 0.05) is 0 Å². The molecule has 0 N–H and O–H groups in total. The highest BCUT2D eigenvalue weighted by Crippen LogP contribution is 2.22. The van der Waals surface area contributed by atoms with Crippen LogP contribution < -0.4 is 0 Å². The number of imide groups is 1. The first kappa shape index (κ1) is 17.3. The Bertz CT molecular complexity index is 852. The highest BCUT2D eigenvalue weighted by molar-refractivity contribution is 6.22. The number of esters is 2. The number of methoxy groups -OCH3 is 1. The predicted octanol–water partition coefficient (Wildman–Crippen LogP) is 1.81. The summed E-state index contributed by atoms with van der Waals surface area (Å²) in [4.78, 5) is 48.6. The maximum Gasteiger partial charge on any atom is 0.337 e. The molecule has 2 aromatic rings. The average Bonchev–Trinajstić information content (AvgIpc) is 2.91. The Kier molecular flexibility index (Phi) is 4.79. The number of carbonyl (C=O) groups is 4. The molecule has 0 saturated heterocycles. The lowest BCUT2D eigenvalue weighted by Crippen LogP contribution is -2.35. The van der Waals surface area contributed by atoms with Crippen LogP contribution in [-0.2, 0) is 20.9 Å². The monoisotopic (exact) mass is 353 g/mol. The highest BCUT2D eigenvalue weighted by Gasteiger charge is 2.36. The maximum absolute atomic E-state index is 12.2. The van der Waals surface area contributed by atoms with Gasteiger partial charge in [-0.15, -0.1) is 0 Å². The van der Waals surface area contributed by atoms with Gasteiger partial charge in [-0.3, -0.25) is 19.3 Å². The molecule has 0 fully saturated rings. The first-order valence-electron chi connectivity index (χ1n) is 7.79. The minimum absolute atomic E-state index is 0.0382. The smallest absolute Gasteiger partial charge is 0.337 e. The third-order valence-electron chi connectivity index (χ3n) is 3.94. The molecule has 0 saturated carbocycles. The van der Waals surface area contributed by atoms with Crippen molar-refractivity contribution in [2.24, 2.45) is 0 Å². The number of ether oxygens (including phenoxy) is 2. The number of benzene rings is 2. The zero-order valence-electron chi connectivity index (χ0n) is 13.9. The molecule has 1 aliphatic rings. The fourth-order valence-corrected chi connectivity index (χ4v) is 2.58. The molecule has 0 atom stereocenters. The lowest BCUT2D eigenvalue weighted by atomic mass is 10.1. The van der Waals surface area contributed by atoms with Gasteiger partial charge in [0.05, 0.1) is 23.8 Å². The fourth-order valence-electron chi connectivity index (χ4n) is 2.58. The summed E-state index contributed by atoms with van der Waals surface area (Å²) in [6.07, 6.45) is 0. The van der Waals surface area contributed by atoms with Crippen LogP contribution in [0.25, 0.3) is 0 Å². The lowest BCUT2D eigenvalue weighted by molar-refractivity contribution is -0.145. The van der Waals surface area contributed by atoms with Crippen LogP contribution in [0.5, 0.6) is 0 Å². The second-order valence-electron chi connectivity index (χ2n) is 5.59. The van der Waals surface area contributed by atoms with E-state index in [9.17, 15) is 19.2 Å². The molecule has 7 heteroatoms. The van der Waals surface area contributed by atoms with E-state index < -0.39 is 30.3 Å². The molecule has 0 aliphatic carbocycles. The van der Waals surface area contributed by atoms with E-state index in [-0.39, 0.29) is 17.7 Å². The number of rotatable bonds is 5. The van der Waals surface area contributed by atoms with Crippen molar-refractivity contribution in [3.05, 3.63) is 70.8 Å². The molecule has 0 radical (unpaired) electrons. The topological polar surface area (TPSA) is 90.0 Å². The molecule has 0 unspecified atom stereocenters. The zero-order chi connectivity index (χ0) is 18.7. The van der Waals surface area contributed by atoms with Crippen LogP contribution >= 0.6 is 0 Å². The Morgan fingerprint density at radius 3 is 2.04 bits per heavy atom. The van der Waals surface area contributed by atoms with Crippen LogP contribution in [0.3, 0.4) is 0 Å². The Hall–Kier alpha value is -3.48. The number of amides is 2. The molecule has 0 bridgehead atoms. The quantitative estimate of drug-likeness (QED) is 0.602. The molecule has 2 aromatic carbocycles. The van der Waals surface area contributed by atoms with Gasteiger partial charge in [0.25, 0.3) is 11.8 Å². The highest BCUT2D eigenvalue weighted by atomic mass is 16.5. The van der Waals surface area contributed by atoms with Gasteiger partial charge < -0.3 is 9.47 Å². The summed E-state index contributed by atoms with van der Waals surface area (Å²) in [7, 11) is 1.29. The summed E-state index contributed by atoms with van der Waals surface area (Å²) in [5.74, 6) is -2.18. The Labute approximate surface area is 149 Å². The molecule has 2 amide bonds. The minimum Gasteiger partial charge on any atom is -0.465 e. The molecule has 132 valence electrons. The maximum atomic E-state index is 12.2. The predicted molar refractivity (Wildman–Crippen MR) is 89.4 cm³/mol. The summed E-state index contributed by atoms with van der Waals surface area (Å²) in [5, 5.41) is 0. The Morgan fingerprint density at radius 1 is 0.923 bits per heavy atom. The number of fused-ring (bicyclic) bond motifs is 1. The third-order valence-corrected chi connectivity index (χ3v) is 3.94. The van der Waals surface area contributed by atoms with E-state index >= 15 is 0 Å². The average molecular weight is 353 g/mol. The van der Waals surface area contributed by atoms with E-state index in [0.29, 0.717) is 11.1 Å². The minimum atomic E-state index is -0.698. The standard InChI is InChI=1S/C19H15NO6/c1-25-19(24)13-8-6-12(7-9-13)11-26-16(21)10-20-17(22)14-4-2-3-5-15(14)18(20)23/h2-9H,10-11H2,1H3. The number of hydrogen-bond donors (Lipinski definition) is 0. The molecule has 0 spiro atoms. The first-order chi connectivity index (χ1) is 12.5. The van der Waals surface area contributed by atoms with E-state index in [1.54, 1.807) is 48.5 Å². The molecule has 7 nitrogen and oxygen atoms in total. The molecule has 0 aromatic heterocycles. The van der Waals surface area contributed by atoms with Crippen molar-refractivity contribution in [2.45, 2.75) is 6.61 Å². The number of hydrogen-bond acceptors (Lipinski definition) is 6. The van der Waals surface area contributed by atoms with Crippen molar-refractivity contribution < 1.29 is 28.7 Å². The molecular formula is C19H15NO6. The van der Waals surface area contributed by atoms with Crippen molar-refractivity contribution >= 4 is 23.8 Å². The van der Waals surface area contributed by atoms with Crippen LogP contribution in [0.1, 0.15) is 36.6 Å². The van der Waals surface area contributed by atoms with Crippen LogP contribution in [0.15, 0.2) is 48.5 Å².